The van der Waals surface area contributed by atoms with Crippen molar-refractivity contribution < 1.29 is 18.7 Å². The molecule has 208 valence electrons. The van der Waals surface area contributed by atoms with Gasteiger partial charge in [-0.15, -0.1) is 0 Å². The van der Waals surface area contributed by atoms with E-state index >= 15 is 0 Å². The van der Waals surface area contributed by atoms with Gasteiger partial charge in [0, 0.05) is 17.5 Å². The predicted molar refractivity (Wildman–Crippen MR) is 161 cm³/mol. The number of hydrogen-bond donors (Lipinski definition) is 4. The van der Waals surface area contributed by atoms with Crippen molar-refractivity contribution >= 4 is 34.2 Å². The lowest BCUT2D eigenvalue weighted by atomic mass is 10.1. The van der Waals surface area contributed by atoms with Crippen molar-refractivity contribution in [1.82, 2.24) is 10.6 Å². The smallest absolute Gasteiger partial charge is 0.287 e. The number of furan rings is 1. The molecule has 5 aromatic rings. The van der Waals surface area contributed by atoms with Crippen molar-refractivity contribution in [2.24, 2.45) is 0 Å². The molecule has 0 saturated heterocycles. The Morgan fingerprint density at radius 3 is 2.37 bits per heavy atom. The number of nitrogen functional groups attached to an aromatic ring is 1. The van der Waals surface area contributed by atoms with E-state index in [1.165, 1.54) is 5.56 Å². The average molecular weight is 549 g/mol. The SMILES string of the molecule is Nc1ccccc1NC(=O)c1ccc(OCCNC(=O)c2cc3cc(CNCCc4ccccc4)ccc3o2)cc1. The number of nitrogens with one attached hydrogen (secondary N) is 3. The molecule has 5 rings (SSSR count). The molecule has 0 atom stereocenters. The van der Waals surface area contributed by atoms with Gasteiger partial charge in [-0.25, -0.2) is 0 Å². The van der Waals surface area contributed by atoms with Gasteiger partial charge >= 0.3 is 0 Å². The topological polar surface area (TPSA) is 119 Å². The Morgan fingerprint density at radius 1 is 0.780 bits per heavy atom. The fourth-order valence-corrected chi connectivity index (χ4v) is 4.35. The third-order valence-corrected chi connectivity index (χ3v) is 6.55. The molecular weight excluding hydrogens is 516 g/mol. The van der Waals surface area contributed by atoms with E-state index in [-0.39, 0.29) is 24.2 Å². The largest absolute Gasteiger partial charge is 0.492 e. The molecule has 0 aliphatic carbocycles. The zero-order chi connectivity index (χ0) is 28.4. The molecule has 8 heteroatoms. The van der Waals surface area contributed by atoms with E-state index in [1.54, 1.807) is 54.6 Å². The lowest BCUT2D eigenvalue weighted by molar-refractivity contribution is 0.0920. The Morgan fingerprint density at radius 2 is 1.56 bits per heavy atom. The minimum atomic E-state index is -0.306. The average Bonchev–Trinajstić information content (AvgIpc) is 3.43. The summed E-state index contributed by atoms with van der Waals surface area (Å²) < 4.78 is 11.5. The van der Waals surface area contributed by atoms with Crippen LogP contribution in [0.3, 0.4) is 0 Å². The van der Waals surface area contributed by atoms with Crippen molar-refractivity contribution in [2.75, 3.05) is 30.7 Å². The van der Waals surface area contributed by atoms with Gasteiger partial charge in [-0.1, -0.05) is 48.5 Å². The number of carbonyl (C=O) groups excluding carboxylic acids is 2. The molecule has 1 aromatic heterocycles. The van der Waals surface area contributed by atoms with Crippen LogP contribution < -0.4 is 26.4 Å². The minimum Gasteiger partial charge on any atom is -0.492 e. The van der Waals surface area contributed by atoms with Crippen LogP contribution in [-0.4, -0.2) is 31.5 Å². The zero-order valence-corrected chi connectivity index (χ0v) is 22.6. The third-order valence-electron chi connectivity index (χ3n) is 6.55. The Labute approximate surface area is 238 Å². The number of ether oxygens (including phenoxy) is 1. The molecule has 0 spiro atoms. The molecule has 0 radical (unpaired) electrons. The first-order valence-electron chi connectivity index (χ1n) is 13.5. The number of fused-ring (bicyclic) bond motifs is 1. The van der Waals surface area contributed by atoms with Gasteiger partial charge in [0.2, 0.25) is 0 Å². The summed E-state index contributed by atoms with van der Waals surface area (Å²) in [4.78, 5) is 25.1. The normalized spacial score (nSPS) is 10.8. The molecule has 0 saturated carbocycles. The molecule has 0 unspecified atom stereocenters. The van der Waals surface area contributed by atoms with E-state index < -0.39 is 0 Å². The maximum atomic E-state index is 12.6. The first-order valence-corrected chi connectivity index (χ1v) is 13.5. The first kappa shape index (κ1) is 27.5. The lowest BCUT2D eigenvalue weighted by Gasteiger charge is -2.09. The van der Waals surface area contributed by atoms with Gasteiger partial charge in [-0.3, -0.25) is 9.59 Å². The van der Waals surface area contributed by atoms with Crippen molar-refractivity contribution in [1.29, 1.82) is 0 Å². The van der Waals surface area contributed by atoms with E-state index in [9.17, 15) is 9.59 Å². The molecule has 0 aliphatic heterocycles. The van der Waals surface area contributed by atoms with Crippen LogP contribution in [-0.2, 0) is 13.0 Å². The molecule has 1 heterocycles. The standard InChI is InChI=1S/C33H32N4O4/c34-28-8-4-5-9-29(28)37-32(38)25-11-13-27(14-12-25)40-19-18-36-33(39)31-21-26-20-24(10-15-30(26)41-31)22-35-17-16-23-6-2-1-3-7-23/h1-15,20-21,35H,16-19,22,34H2,(H,36,39)(H,37,38). The number of rotatable bonds is 12. The number of benzene rings is 4. The first-order chi connectivity index (χ1) is 20.0. The van der Waals surface area contributed by atoms with Gasteiger partial charge < -0.3 is 30.8 Å². The molecule has 0 aliphatic rings. The second-order valence-electron chi connectivity index (χ2n) is 9.57. The van der Waals surface area contributed by atoms with E-state index in [0.717, 1.165) is 30.5 Å². The van der Waals surface area contributed by atoms with Gasteiger partial charge in [0.1, 0.15) is 17.9 Å². The van der Waals surface area contributed by atoms with Gasteiger partial charge in [0.05, 0.1) is 17.9 Å². The highest BCUT2D eigenvalue weighted by Gasteiger charge is 2.13. The van der Waals surface area contributed by atoms with E-state index in [0.29, 0.717) is 34.8 Å². The number of hydrogen-bond acceptors (Lipinski definition) is 6. The Hall–Kier alpha value is -5.08. The minimum absolute atomic E-state index is 0.253. The number of nitrogens with two attached hydrogens (primary N) is 1. The summed E-state index contributed by atoms with van der Waals surface area (Å²) in [5.41, 5.74) is 10.5. The fourth-order valence-electron chi connectivity index (χ4n) is 4.35. The van der Waals surface area contributed by atoms with Gasteiger partial charge in [0.25, 0.3) is 11.8 Å². The summed E-state index contributed by atoms with van der Waals surface area (Å²) in [5.74, 6) is 0.269. The number of anilines is 2. The summed E-state index contributed by atoms with van der Waals surface area (Å²) in [5, 5.41) is 9.96. The van der Waals surface area contributed by atoms with Crippen molar-refractivity contribution in [3.05, 3.63) is 126 Å². The monoisotopic (exact) mass is 548 g/mol. The van der Waals surface area contributed by atoms with Crippen molar-refractivity contribution in [3.63, 3.8) is 0 Å². The highest BCUT2D eigenvalue weighted by molar-refractivity contribution is 6.05. The highest BCUT2D eigenvalue weighted by Crippen LogP contribution is 2.21. The molecule has 0 bridgehead atoms. The van der Waals surface area contributed by atoms with Gasteiger partial charge in [0.15, 0.2) is 5.76 Å². The van der Waals surface area contributed by atoms with Crippen LogP contribution in [0.25, 0.3) is 11.0 Å². The molecule has 2 amide bonds. The molecule has 41 heavy (non-hydrogen) atoms. The highest BCUT2D eigenvalue weighted by atomic mass is 16.5. The summed E-state index contributed by atoms with van der Waals surface area (Å²) in [6.45, 7) is 2.17. The second-order valence-corrected chi connectivity index (χ2v) is 9.57. The molecule has 5 N–H and O–H groups in total. The summed E-state index contributed by atoms with van der Waals surface area (Å²) in [6.07, 6.45) is 0.968. The molecule has 4 aromatic carbocycles. The Balaban J connectivity index is 1.05. The summed E-state index contributed by atoms with van der Waals surface area (Å²) in [6, 6.07) is 31.9. The Bertz CT molecular complexity index is 1610. The van der Waals surface area contributed by atoms with Crippen molar-refractivity contribution in [2.45, 2.75) is 13.0 Å². The molecule has 0 fully saturated rings. The van der Waals surface area contributed by atoms with Crippen LogP contribution in [0.15, 0.2) is 108 Å². The quantitative estimate of drug-likeness (QED) is 0.122. The maximum absolute atomic E-state index is 12.6. The second kappa shape index (κ2) is 13.3. The molecule has 8 nitrogen and oxygen atoms in total. The maximum Gasteiger partial charge on any atom is 0.287 e. The fraction of sp³-hybridized carbons (Fsp3) is 0.152. The zero-order valence-electron chi connectivity index (χ0n) is 22.6. The van der Waals surface area contributed by atoms with E-state index in [2.05, 4.69) is 40.2 Å². The summed E-state index contributed by atoms with van der Waals surface area (Å²) >= 11 is 0. The lowest BCUT2D eigenvalue weighted by Crippen LogP contribution is -2.27. The van der Waals surface area contributed by atoms with Gasteiger partial charge in [-0.2, -0.15) is 0 Å². The summed E-state index contributed by atoms with van der Waals surface area (Å²) in [7, 11) is 0. The number of amides is 2. The van der Waals surface area contributed by atoms with Crippen LogP contribution >= 0.6 is 0 Å². The predicted octanol–water partition coefficient (Wildman–Crippen LogP) is 5.41. The number of para-hydroxylation sites is 2. The van der Waals surface area contributed by atoms with Crippen LogP contribution in [0.1, 0.15) is 32.0 Å². The Kier molecular flexibility index (Phi) is 8.93. The van der Waals surface area contributed by atoms with Crippen LogP contribution in [0.5, 0.6) is 5.75 Å². The van der Waals surface area contributed by atoms with Crippen LogP contribution in [0.4, 0.5) is 11.4 Å². The van der Waals surface area contributed by atoms with Crippen LogP contribution in [0.2, 0.25) is 0 Å². The van der Waals surface area contributed by atoms with E-state index in [4.69, 9.17) is 14.9 Å². The third kappa shape index (κ3) is 7.52. The number of carbonyl (C=O) groups is 2. The van der Waals surface area contributed by atoms with Crippen LogP contribution in [0, 0.1) is 0 Å². The van der Waals surface area contributed by atoms with E-state index in [1.807, 2.05) is 24.3 Å². The van der Waals surface area contributed by atoms with Gasteiger partial charge in [-0.05, 0) is 78.7 Å². The van der Waals surface area contributed by atoms with Crippen molar-refractivity contribution in [3.8, 4) is 5.75 Å². The molecular formula is C33H32N4O4.